The standard InChI is InChI=1S/C10H9ClN4/c11-10-9-5-4-8(3-1-2-6-12)15(9)14-7-13-10/h4-5,7H,1-3H2. The summed E-state index contributed by atoms with van der Waals surface area (Å²) in [4.78, 5) is 3.90. The second-order valence-corrected chi connectivity index (χ2v) is 3.54. The molecule has 0 unspecified atom stereocenters. The van der Waals surface area contributed by atoms with E-state index in [4.69, 9.17) is 16.9 Å². The summed E-state index contributed by atoms with van der Waals surface area (Å²) in [7, 11) is 0. The Morgan fingerprint density at radius 2 is 2.33 bits per heavy atom. The molecule has 0 spiro atoms. The van der Waals surface area contributed by atoms with Crippen LogP contribution in [0.25, 0.3) is 5.52 Å². The molecule has 0 saturated carbocycles. The van der Waals surface area contributed by atoms with Crippen molar-refractivity contribution in [2.75, 3.05) is 0 Å². The van der Waals surface area contributed by atoms with Gasteiger partial charge in [-0.2, -0.15) is 10.4 Å². The van der Waals surface area contributed by atoms with Gasteiger partial charge in [0.2, 0.25) is 0 Å². The molecule has 0 bridgehead atoms. The van der Waals surface area contributed by atoms with Crippen LogP contribution in [0.5, 0.6) is 0 Å². The van der Waals surface area contributed by atoms with Gasteiger partial charge in [0.1, 0.15) is 11.8 Å². The minimum Gasteiger partial charge on any atom is -0.233 e. The minimum absolute atomic E-state index is 0.455. The number of aromatic nitrogens is 3. The van der Waals surface area contributed by atoms with Gasteiger partial charge in [0.15, 0.2) is 5.15 Å². The lowest BCUT2D eigenvalue weighted by Crippen LogP contribution is -1.98. The fraction of sp³-hybridized carbons (Fsp3) is 0.300. The van der Waals surface area contributed by atoms with E-state index in [9.17, 15) is 0 Å². The van der Waals surface area contributed by atoms with Crippen molar-refractivity contribution in [1.29, 1.82) is 5.26 Å². The molecular formula is C10H9ClN4. The van der Waals surface area contributed by atoms with Gasteiger partial charge in [0, 0.05) is 12.1 Å². The highest BCUT2D eigenvalue weighted by Crippen LogP contribution is 2.16. The Morgan fingerprint density at radius 3 is 3.13 bits per heavy atom. The maximum atomic E-state index is 8.45. The summed E-state index contributed by atoms with van der Waals surface area (Å²) in [6.45, 7) is 0. The smallest absolute Gasteiger partial charge is 0.156 e. The summed E-state index contributed by atoms with van der Waals surface area (Å²) in [5, 5.41) is 13.0. The molecule has 5 heteroatoms. The Bertz CT molecular complexity index is 512. The van der Waals surface area contributed by atoms with Crippen LogP contribution in [0, 0.1) is 11.3 Å². The summed E-state index contributed by atoms with van der Waals surface area (Å²) in [6.07, 6.45) is 3.66. The number of nitrogens with zero attached hydrogens (tertiary/aromatic N) is 4. The molecule has 0 aliphatic heterocycles. The van der Waals surface area contributed by atoms with Gasteiger partial charge < -0.3 is 0 Å². The van der Waals surface area contributed by atoms with Crippen LogP contribution in [0.2, 0.25) is 5.15 Å². The highest BCUT2D eigenvalue weighted by molar-refractivity contribution is 6.32. The van der Waals surface area contributed by atoms with E-state index >= 15 is 0 Å². The zero-order valence-electron chi connectivity index (χ0n) is 8.02. The summed E-state index contributed by atoms with van der Waals surface area (Å²) < 4.78 is 1.77. The monoisotopic (exact) mass is 220 g/mol. The Hall–Kier alpha value is -1.60. The van der Waals surface area contributed by atoms with Gasteiger partial charge in [-0.25, -0.2) is 9.50 Å². The number of unbranched alkanes of at least 4 members (excludes halogenated alkanes) is 1. The molecule has 4 nitrogen and oxygen atoms in total. The van der Waals surface area contributed by atoms with Crippen molar-refractivity contribution in [3.05, 3.63) is 29.3 Å². The van der Waals surface area contributed by atoms with Crippen molar-refractivity contribution in [1.82, 2.24) is 14.6 Å². The Kier molecular flexibility index (Phi) is 2.84. The summed E-state index contributed by atoms with van der Waals surface area (Å²) in [6, 6.07) is 5.98. The van der Waals surface area contributed by atoms with E-state index in [2.05, 4.69) is 16.2 Å². The topological polar surface area (TPSA) is 54.0 Å². The first kappa shape index (κ1) is 9.94. The van der Waals surface area contributed by atoms with Crippen molar-refractivity contribution in [2.24, 2.45) is 0 Å². The summed E-state index contributed by atoms with van der Waals surface area (Å²) in [5.41, 5.74) is 1.87. The number of fused-ring (bicyclic) bond motifs is 1. The zero-order valence-corrected chi connectivity index (χ0v) is 8.78. The molecule has 2 aromatic heterocycles. The molecule has 2 heterocycles. The van der Waals surface area contributed by atoms with Crippen LogP contribution < -0.4 is 0 Å². The van der Waals surface area contributed by atoms with E-state index in [1.54, 1.807) is 4.52 Å². The molecule has 0 atom stereocenters. The number of hydrogen-bond donors (Lipinski definition) is 0. The quantitative estimate of drug-likeness (QED) is 0.746. The number of nitriles is 1. The largest absolute Gasteiger partial charge is 0.233 e. The zero-order chi connectivity index (χ0) is 10.7. The predicted molar refractivity (Wildman–Crippen MR) is 56.5 cm³/mol. The van der Waals surface area contributed by atoms with Crippen molar-refractivity contribution in [2.45, 2.75) is 19.3 Å². The lowest BCUT2D eigenvalue weighted by atomic mass is 10.2. The second kappa shape index (κ2) is 4.28. The molecule has 0 aromatic carbocycles. The van der Waals surface area contributed by atoms with E-state index in [0.29, 0.717) is 11.6 Å². The van der Waals surface area contributed by atoms with E-state index in [-0.39, 0.29) is 0 Å². The number of halogens is 1. The first-order valence-electron chi connectivity index (χ1n) is 4.67. The Morgan fingerprint density at radius 1 is 1.47 bits per heavy atom. The fourth-order valence-electron chi connectivity index (χ4n) is 1.50. The first-order chi connectivity index (χ1) is 7.33. The molecular weight excluding hydrogens is 212 g/mol. The number of rotatable bonds is 3. The van der Waals surface area contributed by atoms with E-state index in [1.165, 1.54) is 6.33 Å². The third-order valence-electron chi connectivity index (χ3n) is 2.20. The lowest BCUT2D eigenvalue weighted by Gasteiger charge is -2.00. The summed E-state index contributed by atoms with van der Waals surface area (Å²) >= 11 is 5.91. The van der Waals surface area contributed by atoms with Crippen molar-refractivity contribution >= 4 is 17.1 Å². The molecule has 0 aliphatic carbocycles. The van der Waals surface area contributed by atoms with Crippen LogP contribution in [0.3, 0.4) is 0 Å². The first-order valence-corrected chi connectivity index (χ1v) is 5.05. The maximum absolute atomic E-state index is 8.45. The van der Waals surface area contributed by atoms with E-state index < -0.39 is 0 Å². The fourth-order valence-corrected chi connectivity index (χ4v) is 1.68. The molecule has 76 valence electrons. The van der Waals surface area contributed by atoms with Crippen LogP contribution in [0.1, 0.15) is 18.5 Å². The van der Waals surface area contributed by atoms with Gasteiger partial charge >= 0.3 is 0 Å². The van der Waals surface area contributed by atoms with E-state index in [0.717, 1.165) is 24.1 Å². The third-order valence-corrected chi connectivity index (χ3v) is 2.50. The predicted octanol–water partition coefficient (Wildman–Crippen LogP) is 2.23. The SMILES string of the molecule is N#CCCCc1ccc2c(Cl)ncnn12. The van der Waals surface area contributed by atoms with Gasteiger partial charge in [0.05, 0.1) is 6.07 Å². The molecule has 0 saturated heterocycles. The summed E-state index contributed by atoms with van der Waals surface area (Å²) in [5.74, 6) is 0. The molecule has 2 aromatic rings. The molecule has 15 heavy (non-hydrogen) atoms. The lowest BCUT2D eigenvalue weighted by molar-refractivity contribution is 0.768. The van der Waals surface area contributed by atoms with Gasteiger partial charge in [-0.3, -0.25) is 0 Å². The van der Waals surface area contributed by atoms with Crippen LogP contribution >= 0.6 is 11.6 Å². The van der Waals surface area contributed by atoms with Crippen LogP contribution in [-0.4, -0.2) is 14.6 Å². The normalized spacial score (nSPS) is 10.4. The van der Waals surface area contributed by atoms with Crippen LogP contribution in [0.15, 0.2) is 18.5 Å². The van der Waals surface area contributed by atoms with Crippen molar-refractivity contribution in [3.8, 4) is 6.07 Å². The highest BCUT2D eigenvalue weighted by Gasteiger charge is 2.05. The number of aryl methyl sites for hydroxylation is 1. The molecule has 0 fully saturated rings. The Labute approximate surface area is 92.1 Å². The van der Waals surface area contributed by atoms with Gasteiger partial charge in [-0.05, 0) is 25.0 Å². The molecule has 0 radical (unpaired) electrons. The van der Waals surface area contributed by atoms with Crippen molar-refractivity contribution in [3.63, 3.8) is 0 Å². The molecule has 0 amide bonds. The molecule has 0 N–H and O–H groups in total. The van der Waals surface area contributed by atoms with E-state index in [1.807, 2.05) is 12.1 Å². The second-order valence-electron chi connectivity index (χ2n) is 3.18. The van der Waals surface area contributed by atoms with Crippen LogP contribution in [-0.2, 0) is 6.42 Å². The maximum Gasteiger partial charge on any atom is 0.156 e. The van der Waals surface area contributed by atoms with Gasteiger partial charge in [-0.1, -0.05) is 11.6 Å². The highest BCUT2D eigenvalue weighted by atomic mass is 35.5. The van der Waals surface area contributed by atoms with Crippen LogP contribution in [0.4, 0.5) is 0 Å². The average molecular weight is 221 g/mol. The van der Waals surface area contributed by atoms with Crippen molar-refractivity contribution < 1.29 is 0 Å². The molecule has 0 aliphatic rings. The molecule has 2 rings (SSSR count). The number of hydrogen-bond acceptors (Lipinski definition) is 3. The Balaban J connectivity index is 2.30. The third kappa shape index (κ3) is 1.92. The minimum atomic E-state index is 0.455. The average Bonchev–Trinajstić information content (AvgIpc) is 2.64. The van der Waals surface area contributed by atoms with Gasteiger partial charge in [0.25, 0.3) is 0 Å². The van der Waals surface area contributed by atoms with Gasteiger partial charge in [-0.15, -0.1) is 0 Å².